The number of aliphatic hydroxyl groups is 7. The first-order chi connectivity index (χ1) is 10.6. The number of hydrogen-bond donors (Lipinski definition) is 8. The molecule has 0 rings (SSSR count). The number of carbonyl (C=O) groups excluding carboxylic acids is 2. The first-order valence-electron chi connectivity index (χ1n) is 6.16. The number of aldehydes is 1. The molecule has 0 heterocycles. The molecule has 0 saturated heterocycles. The maximum Gasteiger partial charge on any atom is 0.338 e. The third kappa shape index (κ3) is 5.80. The molecule has 0 fully saturated rings. The van der Waals surface area contributed by atoms with Gasteiger partial charge in [0.25, 0.3) is 0 Å². The molecular formula is C11H18O12. The summed E-state index contributed by atoms with van der Waals surface area (Å²) in [7, 11) is 0. The average Bonchev–Trinajstić information content (AvgIpc) is 2.54. The van der Waals surface area contributed by atoms with Gasteiger partial charge in [-0.05, 0) is 0 Å². The van der Waals surface area contributed by atoms with Gasteiger partial charge in [0.2, 0.25) is 0 Å². The van der Waals surface area contributed by atoms with Crippen molar-refractivity contribution in [1.82, 2.24) is 0 Å². The number of ether oxygens (including phenoxy) is 1. The van der Waals surface area contributed by atoms with Crippen LogP contribution in [0.1, 0.15) is 0 Å². The average molecular weight is 342 g/mol. The molecule has 0 aromatic heterocycles. The molecule has 0 radical (unpaired) electrons. The molecule has 0 bridgehead atoms. The first-order valence-corrected chi connectivity index (χ1v) is 6.16. The molecule has 0 aliphatic heterocycles. The van der Waals surface area contributed by atoms with E-state index in [1.807, 2.05) is 0 Å². The van der Waals surface area contributed by atoms with E-state index < -0.39 is 61.3 Å². The van der Waals surface area contributed by atoms with Gasteiger partial charge in [-0.15, -0.1) is 0 Å². The van der Waals surface area contributed by atoms with Crippen molar-refractivity contribution in [2.24, 2.45) is 0 Å². The Morgan fingerprint density at radius 2 is 1.39 bits per heavy atom. The van der Waals surface area contributed by atoms with E-state index in [1.54, 1.807) is 0 Å². The van der Waals surface area contributed by atoms with Gasteiger partial charge in [0, 0.05) is 0 Å². The predicted molar refractivity (Wildman–Crippen MR) is 66.7 cm³/mol. The topological polar surface area (TPSA) is 222 Å². The van der Waals surface area contributed by atoms with E-state index in [4.69, 9.17) is 20.4 Å². The molecule has 0 aromatic carbocycles. The van der Waals surface area contributed by atoms with Gasteiger partial charge in [-0.3, -0.25) is 4.79 Å². The maximum absolute atomic E-state index is 11.5. The Bertz CT molecular complexity index is 412. The second-order valence-corrected chi connectivity index (χ2v) is 4.49. The smallest absolute Gasteiger partial charge is 0.338 e. The second-order valence-electron chi connectivity index (χ2n) is 4.49. The number of carboxylic acids is 1. The van der Waals surface area contributed by atoms with Crippen LogP contribution in [0.2, 0.25) is 0 Å². The quantitative estimate of drug-likeness (QED) is 0.137. The van der Waals surface area contributed by atoms with E-state index in [-0.39, 0.29) is 6.29 Å². The summed E-state index contributed by atoms with van der Waals surface area (Å²) in [4.78, 5) is 32.6. The number of carbonyl (C=O) groups is 3. The minimum atomic E-state index is -2.57. The summed E-state index contributed by atoms with van der Waals surface area (Å²) < 4.78 is 4.28. The molecule has 0 amide bonds. The van der Waals surface area contributed by atoms with Crippen LogP contribution in [0.4, 0.5) is 0 Å². The van der Waals surface area contributed by atoms with Crippen molar-refractivity contribution in [2.45, 2.75) is 42.7 Å². The monoisotopic (exact) mass is 342 g/mol. The fourth-order valence-corrected chi connectivity index (χ4v) is 1.37. The van der Waals surface area contributed by atoms with Crippen LogP contribution in [-0.2, 0) is 19.1 Å². The SMILES string of the molecule is O=C[C@@H](OC(=O)[C@H](O)[C@@H](O)[C@H](O)[C@H](O)C(=O)O)[C@H](O)[C@@H](O)CO. The zero-order valence-electron chi connectivity index (χ0n) is 11.5. The van der Waals surface area contributed by atoms with Crippen LogP contribution in [-0.4, -0.2) is 108 Å². The van der Waals surface area contributed by atoms with Crippen molar-refractivity contribution >= 4 is 18.2 Å². The largest absolute Gasteiger partial charge is 0.479 e. The minimum absolute atomic E-state index is 0.136. The highest BCUT2D eigenvalue weighted by molar-refractivity contribution is 5.78. The normalized spacial score (nSPS) is 20.5. The van der Waals surface area contributed by atoms with Gasteiger partial charge in [0.05, 0.1) is 6.61 Å². The molecule has 0 saturated carbocycles. The van der Waals surface area contributed by atoms with E-state index in [0.29, 0.717) is 0 Å². The summed E-state index contributed by atoms with van der Waals surface area (Å²) >= 11 is 0. The molecule has 0 aliphatic carbocycles. The first kappa shape index (κ1) is 21.3. The highest BCUT2D eigenvalue weighted by atomic mass is 16.6. The summed E-state index contributed by atoms with van der Waals surface area (Å²) in [6.45, 7) is -0.974. The maximum atomic E-state index is 11.5. The van der Waals surface area contributed by atoms with Gasteiger partial charge in [0.15, 0.2) is 24.6 Å². The number of hydrogen-bond acceptors (Lipinski definition) is 11. The summed E-state index contributed by atoms with van der Waals surface area (Å²) in [6.07, 6.45) is -16.1. The summed E-state index contributed by atoms with van der Waals surface area (Å²) in [5.74, 6) is -3.69. The molecule has 0 unspecified atom stereocenters. The molecule has 12 nitrogen and oxygen atoms in total. The Kier molecular flexibility index (Phi) is 8.78. The lowest BCUT2D eigenvalue weighted by molar-refractivity contribution is -0.186. The van der Waals surface area contributed by atoms with E-state index in [2.05, 4.69) is 4.74 Å². The van der Waals surface area contributed by atoms with Crippen molar-refractivity contribution in [2.75, 3.05) is 6.61 Å². The van der Waals surface area contributed by atoms with Crippen LogP contribution in [0.15, 0.2) is 0 Å². The van der Waals surface area contributed by atoms with Crippen molar-refractivity contribution in [3.63, 3.8) is 0 Å². The molecule has 0 aliphatic rings. The van der Waals surface area contributed by atoms with E-state index in [9.17, 15) is 34.8 Å². The molecule has 134 valence electrons. The lowest BCUT2D eigenvalue weighted by atomic mass is 10.0. The lowest BCUT2D eigenvalue weighted by Crippen LogP contribution is -2.52. The summed E-state index contributed by atoms with van der Waals surface area (Å²) in [5, 5.41) is 72.6. The zero-order chi connectivity index (χ0) is 18.3. The third-order valence-corrected chi connectivity index (χ3v) is 2.80. The van der Waals surface area contributed by atoms with Gasteiger partial charge in [0.1, 0.15) is 24.4 Å². The van der Waals surface area contributed by atoms with Crippen LogP contribution < -0.4 is 0 Å². The molecular weight excluding hydrogens is 324 g/mol. The Morgan fingerprint density at radius 1 is 0.913 bits per heavy atom. The van der Waals surface area contributed by atoms with Crippen LogP contribution in [0.3, 0.4) is 0 Å². The fourth-order valence-electron chi connectivity index (χ4n) is 1.37. The van der Waals surface area contributed by atoms with Crippen LogP contribution in [0.5, 0.6) is 0 Å². The second kappa shape index (κ2) is 9.46. The summed E-state index contributed by atoms with van der Waals surface area (Å²) in [6, 6.07) is 0. The van der Waals surface area contributed by atoms with Gasteiger partial charge < -0.3 is 45.6 Å². The molecule has 0 spiro atoms. The van der Waals surface area contributed by atoms with Crippen molar-refractivity contribution in [3.8, 4) is 0 Å². The summed E-state index contributed by atoms with van der Waals surface area (Å²) in [5.41, 5.74) is 0. The molecule has 0 aromatic rings. The van der Waals surface area contributed by atoms with Gasteiger partial charge >= 0.3 is 11.9 Å². The van der Waals surface area contributed by atoms with Crippen LogP contribution in [0, 0.1) is 0 Å². The Hall–Kier alpha value is -1.67. The third-order valence-electron chi connectivity index (χ3n) is 2.80. The van der Waals surface area contributed by atoms with Crippen molar-refractivity contribution < 1.29 is 60.0 Å². The Morgan fingerprint density at radius 3 is 1.78 bits per heavy atom. The van der Waals surface area contributed by atoms with Gasteiger partial charge in [-0.25, -0.2) is 9.59 Å². The van der Waals surface area contributed by atoms with E-state index in [1.165, 1.54) is 0 Å². The molecule has 8 N–H and O–H groups in total. The molecule has 12 heteroatoms. The number of esters is 1. The lowest BCUT2D eigenvalue weighted by Gasteiger charge is -2.26. The van der Waals surface area contributed by atoms with Crippen LogP contribution in [0.25, 0.3) is 0 Å². The zero-order valence-corrected chi connectivity index (χ0v) is 11.5. The number of aliphatic carboxylic acids is 1. The van der Waals surface area contributed by atoms with Crippen LogP contribution >= 0.6 is 0 Å². The predicted octanol–water partition coefficient (Wildman–Crippen LogP) is -5.66. The Labute approximate surface area is 128 Å². The van der Waals surface area contributed by atoms with Crippen molar-refractivity contribution in [3.05, 3.63) is 0 Å². The van der Waals surface area contributed by atoms with Gasteiger partial charge in [-0.2, -0.15) is 0 Å². The highest BCUT2D eigenvalue weighted by Gasteiger charge is 2.40. The highest BCUT2D eigenvalue weighted by Crippen LogP contribution is 2.10. The van der Waals surface area contributed by atoms with E-state index in [0.717, 1.165) is 0 Å². The van der Waals surface area contributed by atoms with Crippen molar-refractivity contribution in [1.29, 1.82) is 0 Å². The Balaban J connectivity index is 4.87. The number of carboxylic acid groups (broad SMARTS) is 1. The standard InChI is InChI=1S/C11H18O12/c12-1-3(14)5(15)4(2-13)23-11(22)9(19)7(17)6(16)8(18)10(20)21/h2-9,12,14-19H,1H2,(H,20,21)/t3-,4+,5+,6-,7-,8-,9+/m0/s1. The fraction of sp³-hybridized carbons (Fsp3) is 0.727. The van der Waals surface area contributed by atoms with E-state index >= 15 is 0 Å². The molecule has 7 atom stereocenters. The minimum Gasteiger partial charge on any atom is -0.479 e. The number of aliphatic hydroxyl groups excluding tert-OH is 7. The number of rotatable bonds is 10. The molecule has 23 heavy (non-hydrogen) atoms. The van der Waals surface area contributed by atoms with Gasteiger partial charge in [-0.1, -0.05) is 0 Å².